The first-order chi connectivity index (χ1) is 19.6. The van der Waals surface area contributed by atoms with E-state index >= 15 is 0 Å². The summed E-state index contributed by atoms with van der Waals surface area (Å²) in [5, 5.41) is 4.43. The SMILES string of the molecule is C=C(ON=C(c1ccc(F)cc1)C(C)CC)c1c(C)nc(C)nc1C1CCN(C(=O)Cc2c(F)cccc2F)CC1. The summed E-state index contributed by atoms with van der Waals surface area (Å²) in [4.78, 5) is 29.6. The number of likely N-dealkylation sites (tertiary alicyclic amines) is 1. The number of carbonyl (C=O) groups is 1. The Morgan fingerprint density at radius 1 is 1.07 bits per heavy atom. The van der Waals surface area contributed by atoms with Gasteiger partial charge in [0.15, 0.2) is 5.76 Å². The molecule has 1 saturated heterocycles. The van der Waals surface area contributed by atoms with Gasteiger partial charge in [-0.25, -0.2) is 23.1 Å². The van der Waals surface area contributed by atoms with Crippen LogP contribution in [0.1, 0.15) is 72.9 Å². The first-order valence-electron chi connectivity index (χ1n) is 13.8. The molecule has 4 rings (SSSR count). The molecule has 1 atom stereocenters. The molecule has 6 nitrogen and oxygen atoms in total. The van der Waals surface area contributed by atoms with Crippen LogP contribution in [0.2, 0.25) is 0 Å². The highest BCUT2D eigenvalue weighted by Gasteiger charge is 2.29. The lowest BCUT2D eigenvalue weighted by molar-refractivity contribution is -0.131. The van der Waals surface area contributed by atoms with Gasteiger partial charge in [0.2, 0.25) is 5.91 Å². The van der Waals surface area contributed by atoms with Gasteiger partial charge in [-0.15, -0.1) is 0 Å². The van der Waals surface area contributed by atoms with E-state index < -0.39 is 11.6 Å². The molecule has 1 amide bonds. The van der Waals surface area contributed by atoms with Crippen molar-refractivity contribution in [3.63, 3.8) is 0 Å². The molecule has 0 bridgehead atoms. The number of rotatable bonds is 9. The van der Waals surface area contributed by atoms with Gasteiger partial charge in [-0.2, -0.15) is 0 Å². The molecule has 216 valence electrons. The van der Waals surface area contributed by atoms with Crippen LogP contribution in [0.15, 0.2) is 54.2 Å². The lowest BCUT2D eigenvalue weighted by atomic mass is 9.89. The van der Waals surface area contributed by atoms with Crippen LogP contribution in [0.4, 0.5) is 13.2 Å². The maximum absolute atomic E-state index is 14.1. The number of hydrogen-bond donors (Lipinski definition) is 0. The van der Waals surface area contributed by atoms with E-state index in [1.807, 2.05) is 27.7 Å². The van der Waals surface area contributed by atoms with Gasteiger partial charge in [-0.05, 0) is 62.9 Å². The number of nitrogens with zero attached hydrogens (tertiary/aromatic N) is 4. The maximum atomic E-state index is 14.1. The molecule has 9 heteroatoms. The van der Waals surface area contributed by atoms with Gasteiger partial charge in [0.25, 0.3) is 0 Å². The summed E-state index contributed by atoms with van der Waals surface area (Å²) in [6.07, 6.45) is 1.71. The summed E-state index contributed by atoms with van der Waals surface area (Å²) in [6, 6.07) is 9.73. The lowest BCUT2D eigenvalue weighted by Gasteiger charge is -2.33. The van der Waals surface area contributed by atoms with E-state index in [9.17, 15) is 18.0 Å². The normalized spacial score (nSPS) is 15.1. The lowest BCUT2D eigenvalue weighted by Crippen LogP contribution is -2.39. The van der Waals surface area contributed by atoms with Crippen LogP contribution >= 0.6 is 0 Å². The molecular weight excluding hydrogens is 529 g/mol. The molecule has 1 fully saturated rings. The zero-order chi connectivity index (χ0) is 29.7. The van der Waals surface area contributed by atoms with Crippen LogP contribution in [-0.4, -0.2) is 39.6 Å². The Kier molecular flexibility index (Phi) is 9.57. The van der Waals surface area contributed by atoms with E-state index in [0.717, 1.165) is 29.8 Å². The first kappa shape index (κ1) is 30.0. The van der Waals surface area contributed by atoms with Crippen molar-refractivity contribution in [1.82, 2.24) is 14.9 Å². The standard InChI is InChI=1S/C32H35F3N4O2/c1-6-19(2)31(23-10-12-25(33)13-11-23)38-41-21(4)30-20(3)36-22(5)37-32(30)24-14-16-39(17-15-24)29(40)18-26-27(34)8-7-9-28(26)35/h7-13,19,24H,4,6,14-18H2,1-3,5H3. The maximum Gasteiger partial charge on any atom is 0.227 e. The summed E-state index contributed by atoms with van der Waals surface area (Å²) in [5.41, 5.74) is 3.37. The number of piperidine rings is 1. The fraction of sp³-hybridized carbons (Fsp3) is 0.375. The van der Waals surface area contributed by atoms with Gasteiger partial charge < -0.3 is 9.74 Å². The van der Waals surface area contributed by atoms with Gasteiger partial charge in [-0.1, -0.05) is 43.8 Å². The van der Waals surface area contributed by atoms with E-state index in [1.165, 1.54) is 18.2 Å². The molecule has 0 spiro atoms. The van der Waals surface area contributed by atoms with Crippen molar-refractivity contribution in [3.05, 3.63) is 100 Å². The van der Waals surface area contributed by atoms with Gasteiger partial charge >= 0.3 is 0 Å². The quantitative estimate of drug-likeness (QED) is 0.161. The number of benzene rings is 2. The second-order valence-electron chi connectivity index (χ2n) is 10.5. The number of hydrogen-bond acceptors (Lipinski definition) is 5. The highest BCUT2D eigenvalue weighted by Crippen LogP contribution is 2.34. The van der Waals surface area contributed by atoms with Gasteiger partial charge in [0, 0.05) is 30.5 Å². The number of halogens is 3. The Bertz CT molecular complexity index is 1430. The van der Waals surface area contributed by atoms with E-state index in [4.69, 9.17) is 9.82 Å². The number of carbonyl (C=O) groups excluding carboxylic acids is 1. The summed E-state index contributed by atoms with van der Waals surface area (Å²) in [6.45, 7) is 12.7. The van der Waals surface area contributed by atoms with E-state index in [-0.39, 0.29) is 35.5 Å². The van der Waals surface area contributed by atoms with Crippen LogP contribution in [0.5, 0.6) is 0 Å². The molecule has 1 aromatic heterocycles. The van der Waals surface area contributed by atoms with Crippen molar-refractivity contribution in [2.45, 2.75) is 59.3 Å². The minimum absolute atomic E-state index is 0.00453. The minimum Gasteiger partial charge on any atom is -0.357 e. The molecule has 0 saturated carbocycles. The Labute approximate surface area is 239 Å². The Balaban J connectivity index is 1.52. The molecular formula is C32H35F3N4O2. The average Bonchev–Trinajstić information content (AvgIpc) is 2.95. The van der Waals surface area contributed by atoms with Crippen LogP contribution in [0.25, 0.3) is 5.76 Å². The zero-order valence-electron chi connectivity index (χ0n) is 23.9. The molecule has 0 N–H and O–H groups in total. The minimum atomic E-state index is -0.720. The third-order valence-electron chi connectivity index (χ3n) is 7.61. The second kappa shape index (κ2) is 13.1. The van der Waals surface area contributed by atoms with E-state index in [2.05, 4.69) is 16.7 Å². The fourth-order valence-electron chi connectivity index (χ4n) is 5.14. The monoisotopic (exact) mass is 564 g/mol. The van der Waals surface area contributed by atoms with Crippen LogP contribution in [0, 0.1) is 37.2 Å². The third-order valence-corrected chi connectivity index (χ3v) is 7.61. The summed E-state index contributed by atoms with van der Waals surface area (Å²) >= 11 is 0. The predicted molar refractivity (Wildman–Crippen MR) is 153 cm³/mol. The summed E-state index contributed by atoms with van der Waals surface area (Å²) in [5.74, 6) is -1.12. The molecule has 3 aromatic rings. The molecule has 1 aliphatic heterocycles. The number of oxime groups is 1. The van der Waals surface area contributed by atoms with Gasteiger partial charge in [-0.3, -0.25) is 4.79 Å². The number of aromatic nitrogens is 2. The van der Waals surface area contributed by atoms with Crippen molar-refractivity contribution in [2.75, 3.05) is 13.1 Å². The second-order valence-corrected chi connectivity index (χ2v) is 10.5. The third kappa shape index (κ3) is 7.01. The van der Waals surface area contributed by atoms with Gasteiger partial charge in [0.05, 0.1) is 29.1 Å². The van der Waals surface area contributed by atoms with Gasteiger partial charge in [0.1, 0.15) is 23.3 Å². The summed E-state index contributed by atoms with van der Waals surface area (Å²) in [7, 11) is 0. The smallest absolute Gasteiger partial charge is 0.227 e. The average molecular weight is 565 g/mol. The predicted octanol–water partition coefficient (Wildman–Crippen LogP) is 6.90. The largest absolute Gasteiger partial charge is 0.357 e. The van der Waals surface area contributed by atoms with Crippen LogP contribution in [0.3, 0.4) is 0 Å². The Morgan fingerprint density at radius 3 is 2.32 bits per heavy atom. The Morgan fingerprint density at radius 2 is 1.71 bits per heavy atom. The molecule has 0 aliphatic carbocycles. The molecule has 2 aromatic carbocycles. The summed E-state index contributed by atoms with van der Waals surface area (Å²) < 4.78 is 41.7. The van der Waals surface area contributed by atoms with E-state index in [0.29, 0.717) is 54.5 Å². The van der Waals surface area contributed by atoms with Crippen LogP contribution < -0.4 is 0 Å². The zero-order valence-corrected chi connectivity index (χ0v) is 23.9. The molecule has 0 radical (unpaired) electrons. The molecule has 2 heterocycles. The molecule has 1 aliphatic rings. The molecule has 1 unspecified atom stereocenters. The molecule has 41 heavy (non-hydrogen) atoms. The van der Waals surface area contributed by atoms with Crippen molar-refractivity contribution >= 4 is 17.4 Å². The highest BCUT2D eigenvalue weighted by molar-refractivity contribution is 6.01. The van der Waals surface area contributed by atoms with Crippen molar-refractivity contribution in [1.29, 1.82) is 0 Å². The highest BCUT2D eigenvalue weighted by atomic mass is 19.1. The van der Waals surface area contributed by atoms with E-state index in [1.54, 1.807) is 17.0 Å². The van der Waals surface area contributed by atoms with Crippen molar-refractivity contribution < 1.29 is 22.8 Å². The van der Waals surface area contributed by atoms with Crippen molar-refractivity contribution in [2.24, 2.45) is 11.1 Å². The van der Waals surface area contributed by atoms with Crippen LogP contribution in [-0.2, 0) is 16.1 Å². The Hall–Kier alpha value is -4.01. The fourth-order valence-corrected chi connectivity index (χ4v) is 5.14. The number of aryl methyl sites for hydroxylation is 2. The number of amides is 1. The first-order valence-corrected chi connectivity index (χ1v) is 13.8. The topological polar surface area (TPSA) is 67.7 Å². The van der Waals surface area contributed by atoms with Crippen molar-refractivity contribution in [3.8, 4) is 0 Å².